The normalized spacial score (nSPS) is 11.3. The molecule has 0 amide bonds. The molecule has 20 heavy (non-hydrogen) atoms. The van der Waals surface area contributed by atoms with Crippen molar-refractivity contribution in [3.8, 4) is 0 Å². The second-order valence-electron chi connectivity index (χ2n) is 5.07. The Kier molecular flexibility index (Phi) is 3.18. The molecule has 1 aromatic carbocycles. The maximum Gasteiger partial charge on any atom is 0.128 e. The molecule has 3 aromatic rings. The standard InChI is InChI=1S/C15H19N5/c1-3-4-14-18-12-9-11(16)5-6-13(12)20(14)10-15-17-7-8-19(15)2/h5-9H,3-4,10,16H2,1-2H3. The summed E-state index contributed by atoms with van der Waals surface area (Å²) in [5, 5.41) is 0. The minimum absolute atomic E-state index is 0.735. The first-order chi connectivity index (χ1) is 9.69. The van der Waals surface area contributed by atoms with Crippen LogP contribution in [0.25, 0.3) is 11.0 Å². The number of aryl methyl sites for hydroxylation is 2. The van der Waals surface area contributed by atoms with Gasteiger partial charge in [0.1, 0.15) is 11.6 Å². The van der Waals surface area contributed by atoms with Gasteiger partial charge in [-0.25, -0.2) is 9.97 Å². The smallest absolute Gasteiger partial charge is 0.128 e. The molecule has 5 heteroatoms. The fourth-order valence-electron chi connectivity index (χ4n) is 2.48. The molecule has 0 aliphatic carbocycles. The molecule has 2 N–H and O–H groups in total. The van der Waals surface area contributed by atoms with E-state index in [-0.39, 0.29) is 0 Å². The first-order valence-corrected chi connectivity index (χ1v) is 6.90. The highest BCUT2D eigenvalue weighted by atomic mass is 15.1. The van der Waals surface area contributed by atoms with Crippen molar-refractivity contribution in [2.75, 3.05) is 5.73 Å². The second kappa shape index (κ2) is 5.00. The highest BCUT2D eigenvalue weighted by molar-refractivity contribution is 5.79. The highest BCUT2D eigenvalue weighted by Crippen LogP contribution is 2.21. The van der Waals surface area contributed by atoms with Crippen molar-refractivity contribution >= 4 is 16.7 Å². The lowest BCUT2D eigenvalue weighted by atomic mass is 10.3. The molecule has 5 nitrogen and oxygen atoms in total. The van der Waals surface area contributed by atoms with Gasteiger partial charge >= 0.3 is 0 Å². The molecule has 0 bridgehead atoms. The lowest BCUT2D eigenvalue weighted by molar-refractivity contribution is 0.668. The lowest BCUT2D eigenvalue weighted by Gasteiger charge is -2.08. The summed E-state index contributed by atoms with van der Waals surface area (Å²) in [5.41, 5.74) is 8.68. The van der Waals surface area contributed by atoms with Crippen LogP contribution in [0, 0.1) is 0 Å². The summed E-state index contributed by atoms with van der Waals surface area (Å²) in [6, 6.07) is 5.90. The van der Waals surface area contributed by atoms with E-state index in [2.05, 4.69) is 16.5 Å². The van der Waals surface area contributed by atoms with Crippen molar-refractivity contribution in [3.63, 3.8) is 0 Å². The average molecular weight is 269 g/mol. The minimum Gasteiger partial charge on any atom is -0.399 e. The van der Waals surface area contributed by atoms with Gasteiger partial charge in [0.2, 0.25) is 0 Å². The second-order valence-corrected chi connectivity index (χ2v) is 5.07. The fourth-order valence-corrected chi connectivity index (χ4v) is 2.48. The highest BCUT2D eigenvalue weighted by Gasteiger charge is 2.12. The number of imidazole rings is 2. The number of benzene rings is 1. The average Bonchev–Trinajstić information content (AvgIpc) is 2.96. The van der Waals surface area contributed by atoms with Crippen LogP contribution < -0.4 is 5.73 Å². The number of fused-ring (bicyclic) bond motifs is 1. The molecule has 2 aromatic heterocycles. The van der Waals surface area contributed by atoms with Crippen molar-refractivity contribution in [1.82, 2.24) is 19.1 Å². The maximum absolute atomic E-state index is 5.85. The number of hydrogen-bond acceptors (Lipinski definition) is 3. The molecule has 104 valence electrons. The van der Waals surface area contributed by atoms with Gasteiger partial charge in [0.05, 0.1) is 17.6 Å². The molecule has 0 radical (unpaired) electrons. The first-order valence-electron chi connectivity index (χ1n) is 6.90. The number of anilines is 1. The van der Waals surface area contributed by atoms with Crippen LogP contribution in [0.4, 0.5) is 5.69 Å². The van der Waals surface area contributed by atoms with Crippen LogP contribution in [0.3, 0.4) is 0 Å². The quantitative estimate of drug-likeness (QED) is 0.740. The van der Waals surface area contributed by atoms with Crippen LogP contribution in [-0.4, -0.2) is 19.1 Å². The number of aromatic nitrogens is 4. The van der Waals surface area contributed by atoms with Crippen molar-refractivity contribution in [1.29, 1.82) is 0 Å². The summed E-state index contributed by atoms with van der Waals surface area (Å²) in [6.07, 6.45) is 5.82. The number of nitrogens with zero attached hydrogens (tertiary/aromatic N) is 4. The van der Waals surface area contributed by atoms with Gasteiger partial charge in [0, 0.05) is 31.5 Å². The van der Waals surface area contributed by atoms with E-state index in [1.807, 2.05) is 42.2 Å². The van der Waals surface area contributed by atoms with Crippen LogP contribution in [0.2, 0.25) is 0 Å². The van der Waals surface area contributed by atoms with Crippen molar-refractivity contribution in [2.45, 2.75) is 26.3 Å². The molecule has 0 atom stereocenters. The van der Waals surface area contributed by atoms with E-state index in [1.165, 1.54) is 0 Å². The van der Waals surface area contributed by atoms with E-state index >= 15 is 0 Å². The predicted octanol–water partition coefficient (Wildman–Crippen LogP) is 2.35. The summed E-state index contributed by atoms with van der Waals surface area (Å²) in [7, 11) is 2.01. The molecule has 0 saturated heterocycles. The largest absolute Gasteiger partial charge is 0.399 e. The topological polar surface area (TPSA) is 61.7 Å². The number of hydrogen-bond donors (Lipinski definition) is 1. The Morgan fingerprint density at radius 2 is 2.10 bits per heavy atom. The van der Waals surface area contributed by atoms with Crippen molar-refractivity contribution < 1.29 is 0 Å². The van der Waals surface area contributed by atoms with E-state index in [0.717, 1.165) is 47.8 Å². The van der Waals surface area contributed by atoms with Crippen LogP contribution in [0.15, 0.2) is 30.6 Å². The van der Waals surface area contributed by atoms with Gasteiger partial charge in [-0.3, -0.25) is 0 Å². The summed E-state index contributed by atoms with van der Waals surface area (Å²) in [4.78, 5) is 9.13. The van der Waals surface area contributed by atoms with E-state index in [4.69, 9.17) is 10.7 Å². The van der Waals surface area contributed by atoms with Gasteiger partial charge < -0.3 is 14.9 Å². The van der Waals surface area contributed by atoms with Gasteiger partial charge in [0.25, 0.3) is 0 Å². The van der Waals surface area contributed by atoms with Crippen molar-refractivity contribution in [3.05, 3.63) is 42.2 Å². The molecular formula is C15H19N5. The van der Waals surface area contributed by atoms with Gasteiger partial charge in [-0.05, 0) is 24.6 Å². The third kappa shape index (κ3) is 2.15. The molecule has 3 rings (SSSR count). The number of nitrogen functional groups attached to an aromatic ring is 1. The van der Waals surface area contributed by atoms with Crippen molar-refractivity contribution in [2.24, 2.45) is 7.05 Å². The Labute approximate surface area is 118 Å². The summed E-state index contributed by atoms with van der Waals surface area (Å²) in [6.45, 7) is 2.90. The monoisotopic (exact) mass is 269 g/mol. The molecule has 0 aliphatic rings. The molecule has 2 heterocycles. The third-order valence-electron chi connectivity index (χ3n) is 3.55. The Morgan fingerprint density at radius 1 is 1.25 bits per heavy atom. The summed E-state index contributed by atoms with van der Waals surface area (Å²) >= 11 is 0. The van der Waals surface area contributed by atoms with E-state index in [9.17, 15) is 0 Å². The van der Waals surface area contributed by atoms with Gasteiger partial charge in [0.15, 0.2) is 0 Å². The lowest BCUT2D eigenvalue weighted by Crippen LogP contribution is -2.09. The number of rotatable bonds is 4. The Hall–Kier alpha value is -2.30. The van der Waals surface area contributed by atoms with E-state index in [0.29, 0.717) is 0 Å². The van der Waals surface area contributed by atoms with Gasteiger partial charge in [-0.1, -0.05) is 6.92 Å². The van der Waals surface area contributed by atoms with Crippen LogP contribution in [0.5, 0.6) is 0 Å². The zero-order valence-electron chi connectivity index (χ0n) is 11.9. The molecule has 0 spiro atoms. The zero-order valence-corrected chi connectivity index (χ0v) is 11.9. The molecule has 0 unspecified atom stereocenters. The fraction of sp³-hybridized carbons (Fsp3) is 0.333. The Morgan fingerprint density at radius 3 is 2.80 bits per heavy atom. The van der Waals surface area contributed by atoms with Gasteiger partial charge in [-0.2, -0.15) is 0 Å². The molecule has 0 saturated carbocycles. The van der Waals surface area contributed by atoms with Crippen LogP contribution in [-0.2, 0) is 20.0 Å². The Balaban J connectivity index is 2.11. The molecule has 0 fully saturated rings. The summed E-state index contributed by atoms with van der Waals surface area (Å²) in [5.74, 6) is 2.12. The van der Waals surface area contributed by atoms with E-state index in [1.54, 1.807) is 0 Å². The van der Waals surface area contributed by atoms with Crippen LogP contribution in [0.1, 0.15) is 25.0 Å². The summed E-state index contributed by atoms with van der Waals surface area (Å²) < 4.78 is 4.28. The molecular weight excluding hydrogens is 250 g/mol. The third-order valence-corrected chi connectivity index (χ3v) is 3.55. The van der Waals surface area contributed by atoms with Crippen LogP contribution >= 0.6 is 0 Å². The maximum atomic E-state index is 5.85. The zero-order chi connectivity index (χ0) is 14.1. The first kappa shape index (κ1) is 12.7. The predicted molar refractivity (Wildman–Crippen MR) is 80.5 cm³/mol. The minimum atomic E-state index is 0.735. The van der Waals surface area contributed by atoms with E-state index < -0.39 is 0 Å². The SMILES string of the molecule is CCCc1nc2cc(N)ccc2n1Cc1nccn1C. The Bertz CT molecular complexity index is 738. The number of nitrogens with two attached hydrogens (primary N) is 1. The van der Waals surface area contributed by atoms with Gasteiger partial charge in [-0.15, -0.1) is 0 Å². The molecule has 0 aliphatic heterocycles.